The number of rotatable bonds is 4. The van der Waals surface area contributed by atoms with Gasteiger partial charge in [0.05, 0.1) is 17.5 Å². The number of pyridine rings is 3. The van der Waals surface area contributed by atoms with Gasteiger partial charge < -0.3 is 15.1 Å². The Bertz CT molecular complexity index is 1580. The molecule has 4 aromatic heterocycles. The summed E-state index contributed by atoms with van der Waals surface area (Å²) in [7, 11) is 2.16. The van der Waals surface area contributed by atoms with Gasteiger partial charge in [-0.2, -0.15) is 0 Å². The van der Waals surface area contributed by atoms with Crippen LogP contribution in [0.1, 0.15) is 5.56 Å². The molecule has 6 rings (SSSR count). The first-order valence-electron chi connectivity index (χ1n) is 11.9. The zero-order valence-corrected chi connectivity index (χ0v) is 20.1. The van der Waals surface area contributed by atoms with Gasteiger partial charge in [0.2, 0.25) is 5.95 Å². The first kappa shape index (κ1) is 22.2. The zero-order valence-electron chi connectivity index (χ0n) is 20.1. The molecule has 0 amide bonds. The Balaban J connectivity index is 1.35. The number of aryl methyl sites for hydroxylation is 1. The topological polar surface area (TPSA) is 83.0 Å². The molecule has 1 aromatic carbocycles. The van der Waals surface area contributed by atoms with Gasteiger partial charge >= 0.3 is 0 Å². The van der Waals surface area contributed by atoms with Crippen LogP contribution in [0.3, 0.4) is 0 Å². The number of fused-ring (bicyclic) bond motifs is 3. The van der Waals surface area contributed by atoms with Crippen LogP contribution in [-0.2, 0) is 0 Å². The van der Waals surface area contributed by atoms with Crippen LogP contribution in [0.2, 0.25) is 0 Å². The van der Waals surface area contributed by atoms with Crippen molar-refractivity contribution in [3.8, 4) is 11.3 Å². The molecule has 1 saturated heterocycles. The van der Waals surface area contributed by atoms with Crippen LogP contribution in [0.25, 0.3) is 33.1 Å². The summed E-state index contributed by atoms with van der Waals surface area (Å²) in [5.41, 5.74) is 5.39. The first-order valence-corrected chi connectivity index (χ1v) is 11.9. The highest BCUT2D eigenvalue weighted by Gasteiger charge is 2.17. The number of hydrogen-bond donors (Lipinski definition) is 1. The SMILES string of the molecule is Cc1cc(Nc2ncc3nc(-c4cnccc4F)c4ccncc4c3n2)ccc1N1CCN(C)CC1. The van der Waals surface area contributed by atoms with E-state index < -0.39 is 0 Å². The highest BCUT2D eigenvalue weighted by atomic mass is 19.1. The van der Waals surface area contributed by atoms with Crippen LogP contribution in [0, 0.1) is 12.7 Å². The molecule has 0 atom stereocenters. The minimum atomic E-state index is -0.385. The van der Waals surface area contributed by atoms with Crippen LogP contribution in [0.15, 0.2) is 61.3 Å². The molecule has 9 heteroatoms. The number of benzene rings is 1. The van der Waals surface area contributed by atoms with Crippen molar-refractivity contribution >= 4 is 39.1 Å². The summed E-state index contributed by atoms with van der Waals surface area (Å²) < 4.78 is 14.6. The molecule has 0 aliphatic carbocycles. The summed E-state index contributed by atoms with van der Waals surface area (Å²) in [4.78, 5) is 27.1. The summed E-state index contributed by atoms with van der Waals surface area (Å²) in [6.45, 7) is 6.31. The van der Waals surface area contributed by atoms with Gasteiger partial charge in [-0.05, 0) is 49.9 Å². The fourth-order valence-corrected chi connectivity index (χ4v) is 4.71. The molecule has 0 spiro atoms. The Kier molecular flexibility index (Phi) is 5.61. The van der Waals surface area contributed by atoms with Crippen molar-refractivity contribution in [3.63, 3.8) is 0 Å². The first-order chi connectivity index (χ1) is 17.6. The molecule has 36 heavy (non-hydrogen) atoms. The Morgan fingerprint density at radius 3 is 2.50 bits per heavy atom. The molecule has 1 fully saturated rings. The molecule has 0 saturated carbocycles. The lowest BCUT2D eigenvalue weighted by molar-refractivity contribution is 0.312. The van der Waals surface area contributed by atoms with Gasteiger partial charge in [0.25, 0.3) is 0 Å². The lowest BCUT2D eigenvalue weighted by Gasteiger charge is -2.35. The summed E-state index contributed by atoms with van der Waals surface area (Å²) >= 11 is 0. The van der Waals surface area contributed by atoms with Gasteiger partial charge in [0.1, 0.15) is 16.9 Å². The second-order valence-corrected chi connectivity index (χ2v) is 9.08. The van der Waals surface area contributed by atoms with E-state index in [1.54, 1.807) is 18.6 Å². The minimum absolute atomic E-state index is 0.328. The van der Waals surface area contributed by atoms with Crippen molar-refractivity contribution in [1.29, 1.82) is 0 Å². The van der Waals surface area contributed by atoms with Gasteiger partial charge in [-0.25, -0.2) is 19.3 Å². The number of anilines is 3. The van der Waals surface area contributed by atoms with Gasteiger partial charge in [-0.3, -0.25) is 9.97 Å². The standard InChI is InChI=1S/C27H25FN8/c1-17-13-18(3-4-24(17)36-11-9-35(2)10-12-36)32-27-31-16-23-26(34-27)20-14-29-7-5-19(20)25(33-23)21-15-30-8-6-22(21)28/h3-8,13-16H,9-12H2,1-2H3,(H,31,32,34). The lowest BCUT2D eigenvalue weighted by Crippen LogP contribution is -2.44. The Hall–Kier alpha value is -4.24. The number of hydrogen-bond acceptors (Lipinski definition) is 8. The van der Waals surface area contributed by atoms with Gasteiger partial charge in [0.15, 0.2) is 0 Å². The Morgan fingerprint density at radius 2 is 1.69 bits per heavy atom. The van der Waals surface area contributed by atoms with E-state index >= 15 is 0 Å². The van der Waals surface area contributed by atoms with Crippen molar-refractivity contribution < 1.29 is 4.39 Å². The quantitative estimate of drug-likeness (QED) is 0.375. The summed E-state index contributed by atoms with van der Waals surface area (Å²) in [5.74, 6) is 0.0751. The molecule has 5 heterocycles. The minimum Gasteiger partial charge on any atom is -0.369 e. The molecule has 1 aliphatic heterocycles. The third kappa shape index (κ3) is 4.07. The smallest absolute Gasteiger partial charge is 0.227 e. The number of piperazine rings is 1. The molecule has 0 radical (unpaired) electrons. The fraction of sp³-hybridized carbons (Fsp3) is 0.222. The van der Waals surface area contributed by atoms with E-state index in [4.69, 9.17) is 9.97 Å². The monoisotopic (exact) mass is 480 g/mol. The predicted octanol–water partition coefficient (Wildman–Crippen LogP) is 4.58. The number of aromatic nitrogens is 5. The number of likely N-dealkylation sites (N-methyl/N-ethyl adjacent to an activating group) is 1. The van der Waals surface area contributed by atoms with E-state index in [2.05, 4.69) is 62.2 Å². The van der Waals surface area contributed by atoms with Gasteiger partial charge in [-0.1, -0.05) is 0 Å². The molecule has 1 N–H and O–H groups in total. The summed E-state index contributed by atoms with van der Waals surface area (Å²) in [5, 5.41) is 4.85. The van der Waals surface area contributed by atoms with E-state index in [-0.39, 0.29) is 5.82 Å². The fourth-order valence-electron chi connectivity index (χ4n) is 4.71. The van der Waals surface area contributed by atoms with Crippen LogP contribution >= 0.6 is 0 Å². The van der Waals surface area contributed by atoms with Crippen molar-refractivity contribution in [2.24, 2.45) is 0 Å². The van der Waals surface area contributed by atoms with E-state index in [1.807, 2.05) is 6.07 Å². The normalized spacial score (nSPS) is 14.5. The van der Waals surface area contributed by atoms with Crippen molar-refractivity contribution in [2.45, 2.75) is 6.92 Å². The second-order valence-electron chi connectivity index (χ2n) is 9.08. The molecule has 180 valence electrons. The lowest BCUT2D eigenvalue weighted by atomic mass is 10.1. The summed E-state index contributed by atoms with van der Waals surface area (Å²) in [6.07, 6.45) is 7.94. The maximum atomic E-state index is 14.6. The van der Waals surface area contributed by atoms with E-state index in [0.29, 0.717) is 28.2 Å². The van der Waals surface area contributed by atoms with E-state index in [9.17, 15) is 4.39 Å². The molecule has 0 unspecified atom stereocenters. The molecule has 5 aromatic rings. The third-order valence-corrected chi connectivity index (χ3v) is 6.65. The molecule has 0 bridgehead atoms. The van der Waals surface area contributed by atoms with Crippen molar-refractivity contribution in [3.05, 3.63) is 72.7 Å². The number of nitrogens with one attached hydrogen (secondary N) is 1. The Labute approximate surface area is 207 Å². The van der Waals surface area contributed by atoms with Crippen LogP contribution < -0.4 is 10.2 Å². The maximum Gasteiger partial charge on any atom is 0.227 e. The maximum absolute atomic E-state index is 14.6. The highest BCUT2D eigenvalue weighted by Crippen LogP contribution is 2.32. The zero-order chi connectivity index (χ0) is 24.6. The predicted molar refractivity (Wildman–Crippen MR) is 140 cm³/mol. The molecular weight excluding hydrogens is 455 g/mol. The third-order valence-electron chi connectivity index (χ3n) is 6.65. The molecule has 1 aliphatic rings. The average Bonchev–Trinajstić information content (AvgIpc) is 2.90. The highest BCUT2D eigenvalue weighted by molar-refractivity contribution is 6.08. The van der Waals surface area contributed by atoms with Gasteiger partial charge in [0, 0.05) is 73.1 Å². The number of halogens is 1. The van der Waals surface area contributed by atoms with Crippen LogP contribution in [0.4, 0.5) is 21.7 Å². The van der Waals surface area contributed by atoms with Crippen LogP contribution in [0.5, 0.6) is 0 Å². The molecular formula is C27H25FN8. The Morgan fingerprint density at radius 1 is 0.889 bits per heavy atom. The second kappa shape index (κ2) is 9.09. The summed E-state index contributed by atoms with van der Waals surface area (Å²) in [6, 6.07) is 9.47. The largest absolute Gasteiger partial charge is 0.369 e. The average molecular weight is 481 g/mol. The van der Waals surface area contributed by atoms with E-state index in [1.165, 1.54) is 29.7 Å². The van der Waals surface area contributed by atoms with Crippen molar-refractivity contribution in [2.75, 3.05) is 43.4 Å². The number of nitrogens with zero attached hydrogens (tertiary/aromatic N) is 7. The van der Waals surface area contributed by atoms with Gasteiger partial charge in [-0.15, -0.1) is 0 Å². The van der Waals surface area contributed by atoms with Crippen LogP contribution in [-0.4, -0.2) is 63.0 Å². The van der Waals surface area contributed by atoms with Crippen molar-refractivity contribution in [1.82, 2.24) is 29.8 Å². The van der Waals surface area contributed by atoms with E-state index in [0.717, 1.165) is 42.6 Å². The molecule has 8 nitrogen and oxygen atoms in total.